The average molecular weight is 289 g/mol. The fourth-order valence-electron chi connectivity index (χ4n) is 2.74. The van der Waals surface area contributed by atoms with E-state index >= 15 is 0 Å². The van der Waals surface area contributed by atoms with Gasteiger partial charge in [0.05, 0.1) is 11.0 Å². The maximum absolute atomic E-state index is 12.5. The number of imide groups is 1. The molecule has 1 aromatic heterocycles. The van der Waals surface area contributed by atoms with Gasteiger partial charge in [0.15, 0.2) is 0 Å². The predicted molar refractivity (Wildman–Crippen MR) is 80.1 cm³/mol. The molecule has 1 atom stereocenters. The van der Waals surface area contributed by atoms with Gasteiger partial charge in [-0.15, -0.1) is 0 Å². The number of carbonyl (C=O) groups excluding carboxylic acids is 2. The number of nitrogens with one attached hydrogen (secondary N) is 1. The molecule has 2 aromatic rings. The Bertz CT molecular complexity index is 742. The van der Waals surface area contributed by atoms with Crippen LogP contribution in [0.2, 0.25) is 0 Å². The van der Waals surface area contributed by atoms with Crippen LogP contribution in [-0.4, -0.2) is 21.5 Å². The number of fused-ring (bicyclic) bond motifs is 1. The third kappa shape index (κ3) is 2.49. The monoisotopic (exact) mass is 289 g/mol. The molecule has 0 fully saturated rings. The second kappa shape index (κ2) is 5.95. The molecule has 2 amide bonds. The van der Waals surface area contributed by atoms with Crippen LogP contribution < -0.4 is 11.0 Å². The summed E-state index contributed by atoms with van der Waals surface area (Å²) in [6.45, 7) is 3.86. The fraction of sp³-hybridized carbons (Fsp3) is 0.400. The van der Waals surface area contributed by atoms with Crippen molar-refractivity contribution < 1.29 is 9.59 Å². The third-order valence-electron chi connectivity index (χ3n) is 3.68. The molecule has 2 rings (SSSR count). The summed E-state index contributed by atoms with van der Waals surface area (Å²) in [4.78, 5) is 35.2. The number of hydrogen-bond acceptors (Lipinski definition) is 3. The molecule has 0 aliphatic heterocycles. The minimum absolute atomic E-state index is 0.251. The number of para-hydroxylation sites is 1. The number of imidazole rings is 1. The highest BCUT2D eigenvalue weighted by molar-refractivity contribution is 5.90. The number of nitrogens with zero attached hydrogens (tertiary/aromatic N) is 2. The van der Waals surface area contributed by atoms with Crippen LogP contribution >= 0.6 is 0 Å². The second-order valence-corrected chi connectivity index (χ2v) is 5.09. The van der Waals surface area contributed by atoms with E-state index in [-0.39, 0.29) is 5.69 Å². The molecule has 1 N–H and O–H groups in total. The molecule has 1 aromatic carbocycles. The quantitative estimate of drug-likeness (QED) is 0.842. The zero-order valence-corrected chi connectivity index (χ0v) is 12.4. The molecule has 6 nitrogen and oxygen atoms in total. The summed E-state index contributed by atoms with van der Waals surface area (Å²) in [5.41, 5.74) is 2.24. The molecular formula is C15H19N3O3. The fourth-order valence-corrected chi connectivity index (χ4v) is 2.74. The molecule has 21 heavy (non-hydrogen) atoms. The lowest BCUT2D eigenvalue weighted by Crippen LogP contribution is -2.36. The Morgan fingerprint density at radius 3 is 2.76 bits per heavy atom. The number of aromatic nitrogens is 2. The van der Waals surface area contributed by atoms with E-state index in [9.17, 15) is 14.4 Å². The van der Waals surface area contributed by atoms with Crippen LogP contribution in [0.15, 0.2) is 23.0 Å². The molecule has 0 bridgehead atoms. The largest absolute Gasteiger partial charge is 0.329 e. The van der Waals surface area contributed by atoms with Crippen molar-refractivity contribution in [3.05, 3.63) is 34.2 Å². The smallest absolute Gasteiger partial charge is 0.297 e. The summed E-state index contributed by atoms with van der Waals surface area (Å²) in [6, 6.07) is 4.92. The summed E-state index contributed by atoms with van der Waals surface area (Å²) < 4.78 is 3.02. The maximum Gasteiger partial charge on any atom is 0.329 e. The topological polar surface area (TPSA) is 73.1 Å². The first-order valence-electron chi connectivity index (χ1n) is 6.93. The number of aryl methyl sites for hydroxylation is 2. The Morgan fingerprint density at radius 2 is 2.14 bits per heavy atom. The third-order valence-corrected chi connectivity index (χ3v) is 3.68. The summed E-state index contributed by atoms with van der Waals surface area (Å²) in [5.74, 6) is -0.456. The Balaban J connectivity index is 2.71. The number of amides is 2. The van der Waals surface area contributed by atoms with E-state index < -0.39 is 11.9 Å². The van der Waals surface area contributed by atoms with Gasteiger partial charge in [-0.1, -0.05) is 25.5 Å². The van der Waals surface area contributed by atoms with Crippen LogP contribution in [0.25, 0.3) is 11.0 Å². The summed E-state index contributed by atoms with van der Waals surface area (Å²) in [6.07, 6.45) is 1.57. The van der Waals surface area contributed by atoms with E-state index in [1.165, 1.54) is 4.57 Å². The van der Waals surface area contributed by atoms with E-state index in [1.807, 2.05) is 32.0 Å². The lowest BCUT2D eigenvalue weighted by Gasteiger charge is -2.16. The van der Waals surface area contributed by atoms with Gasteiger partial charge in [-0.25, -0.2) is 4.79 Å². The zero-order chi connectivity index (χ0) is 15.6. The molecule has 0 spiro atoms. The van der Waals surface area contributed by atoms with E-state index in [0.29, 0.717) is 18.3 Å². The maximum atomic E-state index is 12.5. The van der Waals surface area contributed by atoms with Crippen molar-refractivity contribution in [3.63, 3.8) is 0 Å². The molecule has 112 valence electrons. The second-order valence-electron chi connectivity index (χ2n) is 5.09. The lowest BCUT2D eigenvalue weighted by atomic mass is 10.1. The minimum Gasteiger partial charge on any atom is -0.297 e. The van der Waals surface area contributed by atoms with Crippen LogP contribution in [0.4, 0.5) is 0 Å². The van der Waals surface area contributed by atoms with Crippen LogP contribution in [-0.2, 0) is 16.6 Å². The van der Waals surface area contributed by atoms with Gasteiger partial charge in [-0.3, -0.25) is 24.0 Å². The van der Waals surface area contributed by atoms with Gasteiger partial charge in [0.2, 0.25) is 12.3 Å². The van der Waals surface area contributed by atoms with Crippen molar-refractivity contribution in [2.45, 2.75) is 32.7 Å². The van der Waals surface area contributed by atoms with E-state index in [2.05, 4.69) is 5.32 Å². The zero-order valence-electron chi connectivity index (χ0n) is 12.4. The van der Waals surface area contributed by atoms with E-state index in [1.54, 1.807) is 11.6 Å². The number of hydrogen-bond donors (Lipinski definition) is 1. The van der Waals surface area contributed by atoms with Crippen molar-refractivity contribution in [2.24, 2.45) is 7.05 Å². The molecule has 1 heterocycles. The molecule has 0 saturated heterocycles. The molecular weight excluding hydrogens is 270 g/mol. The summed E-state index contributed by atoms with van der Waals surface area (Å²) in [7, 11) is 1.69. The predicted octanol–water partition coefficient (Wildman–Crippen LogP) is 1.26. The van der Waals surface area contributed by atoms with Gasteiger partial charge >= 0.3 is 5.69 Å². The van der Waals surface area contributed by atoms with Gasteiger partial charge < -0.3 is 0 Å². The van der Waals surface area contributed by atoms with Crippen LogP contribution in [0.5, 0.6) is 0 Å². The first-order chi connectivity index (χ1) is 10.0. The van der Waals surface area contributed by atoms with Gasteiger partial charge in [0.1, 0.15) is 6.04 Å². The Labute approximate surface area is 122 Å². The van der Waals surface area contributed by atoms with Gasteiger partial charge in [-0.05, 0) is 25.0 Å². The van der Waals surface area contributed by atoms with E-state index in [4.69, 9.17) is 0 Å². The van der Waals surface area contributed by atoms with Crippen LogP contribution in [0.1, 0.15) is 31.4 Å². The van der Waals surface area contributed by atoms with Crippen molar-refractivity contribution in [2.75, 3.05) is 0 Å². The Kier molecular flexibility index (Phi) is 4.26. The Hall–Kier alpha value is -2.37. The lowest BCUT2D eigenvalue weighted by molar-refractivity contribution is -0.128. The van der Waals surface area contributed by atoms with E-state index in [0.717, 1.165) is 17.5 Å². The van der Waals surface area contributed by atoms with Gasteiger partial charge in [-0.2, -0.15) is 0 Å². The molecule has 0 aliphatic rings. The number of benzene rings is 1. The van der Waals surface area contributed by atoms with Crippen LogP contribution in [0, 0.1) is 6.92 Å². The molecule has 6 heteroatoms. The molecule has 0 radical (unpaired) electrons. The van der Waals surface area contributed by atoms with Gasteiger partial charge in [0.25, 0.3) is 0 Å². The average Bonchev–Trinajstić information content (AvgIpc) is 2.70. The molecule has 0 saturated carbocycles. The highest BCUT2D eigenvalue weighted by Gasteiger charge is 2.25. The first-order valence-corrected chi connectivity index (χ1v) is 6.93. The summed E-state index contributed by atoms with van der Waals surface area (Å²) >= 11 is 0. The van der Waals surface area contributed by atoms with Crippen molar-refractivity contribution in [3.8, 4) is 0 Å². The highest BCUT2D eigenvalue weighted by atomic mass is 16.2. The van der Waals surface area contributed by atoms with Crippen LogP contribution in [0.3, 0.4) is 0 Å². The summed E-state index contributed by atoms with van der Waals surface area (Å²) in [5, 5.41) is 2.16. The molecule has 1 unspecified atom stereocenters. The standard InChI is InChI=1S/C15H19N3O3/c1-4-6-12(14(20)16-9-19)18-11-8-5-7-10(2)13(11)17(3)15(18)21/h5,7-9,12H,4,6H2,1-3H3,(H,16,19,20). The number of rotatable bonds is 5. The Morgan fingerprint density at radius 1 is 1.43 bits per heavy atom. The normalized spacial score (nSPS) is 12.3. The number of carbonyl (C=O) groups is 2. The molecule has 0 aliphatic carbocycles. The van der Waals surface area contributed by atoms with Crippen molar-refractivity contribution in [1.29, 1.82) is 0 Å². The SMILES string of the molecule is CCCC(C(=O)NC=O)n1c(=O)n(C)c2c(C)cccc21. The highest BCUT2D eigenvalue weighted by Crippen LogP contribution is 2.22. The van der Waals surface area contributed by atoms with Crippen molar-refractivity contribution >= 4 is 23.4 Å². The minimum atomic E-state index is -0.682. The van der Waals surface area contributed by atoms with Gasteiger partial charge in [0, 0.05) is 7.05 Å². The first kappa shape index (κ1) is 15.0. The van der Waals surface area contributed by atoms with Crippen molar-refractivity contribution in [1.82, 2.24) is 14.5 Å².